The quantitative estimate of drug-likeness (QED) is 0.677. The Morgan fingerprint density at radius 2 is 2.08 bits per heavy atom. The van der Waals surface area contributed by atoms with Crippen LogP contribution in [-0.2, 0) is 11.3 Å². The summed E-state index contributed by atoms with van der Waals surface area (Å²) in [5.41, 5.74) is 1.12. The molecule has 2 fully saturated rings. The number of hydrogen-bond donors (Lipinski definition) is 1. The molecular formula is C17H26N4O3. The number of hydrogen-bond acceptors (Lipinski definition) is 4. The van der Waals surface area contributed by atoms with Gasteiger partial charge in [-0.1, -0.05) is 20.8 Å². The van der Waals surface area contributed by atoms with E-state index in [4.69, 9.17) is 0 Å². The molecule has 3 atom stereocenters. The van der Waals surface area contributed by atoms with E-state index in [9.17, 15) is 14.9 Å². The van der Waals surface area contributed by atoms with Crippen molar-refractivity contribution in [2.24, 2.45) is 16.7 Å². The lowest BCUT2D eigenvalue weighted by Gasteiger charge is -2.39. The van der Waals surface area contributed by atoms with Crippen molar-refractivity contribution >= 4 is 11.6 Å². The number of amides is 1. The van der Waals surface area contributed by atoms with Crippen LogP contribution in [0.2, 0.25) is 0 Å². The Balaban J connectivity index is 1.72. The first kappa shape index (κ1) is 16.9. The number of carbonyl (C=O) groups excluding carboxylic acids is 1. The van der Waals surface area contributed by atoms with Crippen LogP contribution in [0.1, 0.15) is 51.4 Å². The van der Waals surface area contributed by atoms with E-state index in [1.807, 2.05) is 0 Å². The van der Waals surface area contributed by atoms with Crippen LogP contribution in [-0.4, -0.2) is 26.7 Å². The molecule has 132 valence electrons. The maximum Gasteiger partial charge on any atom is 0.312 e. The van der Waals surface area contributed by atoms with Gasteiger partial charge < -0.3 is 5.32 Å². The van der Waals surface area contributed by atoms with Crippen LogP contribution in [0.5, 0.6) is 0 Å². The summed E-state index contributed by atoms with van der Waals surface area (Å²) < 4.78 is 1.43. The van der Waals surface area contributed by atoms with E-state index in [0.29, 0.717) is 17.3 Å². The summed E-state index contributed by atoms with van der Waals surface area (Å²) >= 11 is 0. The summed E-state index contributed by atoms with van der Waals surface area (Å²) in [5, 5.41) is 18.4. The third kappa shape index (κ3) is 2.24. The minimum atomic E-state index is -0.439. The van der Waals surface area contributed by atoms with E-state index < -0.39 is 4.92 Å². The molecule has 0 unspecified atom stereocenters. The number of carbonyl (C=O) groups is 1. The van der Waals surface area contributed by atoms with Crippen LogP contribution in [0.25, 0.3) is 0 Å². The molecule has 0 spiro atoms. The predicted octanol–water partition coefficient (Wildman–Crippen LogP) is 2.74. The average molecular weight is 334 g/mol. The van der Waals surface area contributed by atoms with Gasteiger partial charge in [0.05, 0.1) is 4.92 Å². The van der Waals surface area contributed by atoms with Gasteiger partial charge in [0.1, 0.15) is 17.9 Å². The Morgan fingerprint density at radius 3 is 2.54 bits per heavy atom. The molecule has 1 amide bonds. The number of nitrogens with zero attached hydrogens (tertiary/aromatic N) is 3. The first-order valence-corrected chi connectivity index (χ1v) is 8.55. The highest BCUT2D eigenvalue weighted by Crippen LogP contribution is 2.65. The van der Waals surface area contributed by atoms with E-state index in [1.54, 1.807) is 13.8 Å². The molecule has 2 bridgehead atoms. The van der Waals surface area contributed by atoms with Gasteiger partial charge in [-0.3, -0.25) is 19.6 Å². The second-order valence-electron chi connectivity index (χ2n) is 8.16. The second-order valence-corrected chi connectivity index (χ2v) is 8.16. The molecule has 1 aromatic heterocycles. The maximum atomic E-state index is 12.5. The van der Waals surface area contributed by atoms with Gasteiger partial charge in [0, 0.05) is 6.04 Å². The number of aromatic nitrogens is 2. The molecule has 7 heteroatoms. The molecule has 0 radical (unpaired) electrons. The Morgan fingerprint density at radius 1 is 1.42 bits per heavy atom. The third-order valence-corrected chi connectivity index (χ3v) is 6.95. The summed E-state index contributed by atoms with van der Waals surface area (Å²) in [5.74, 6) is 0.535. The number of aryl methyl sites for hydroxylation is 1. The number of nitrogens with one attached hydrogen (secondary N) is 1. The standard InChI is InChI=1S/C17H26N4O3/c1-10-15(21(23)24)11(2)20(19-10)9-14(22)18-13-8-12-6-7-17(13,5)16(12,3)4/h12-13H,6-9H2,1-5H3,(H,18,22)/t12-,13+,17-/m0/s1. The van der Waals surface area contributed by atoms with Gasteiger partial charge in [-0.25, -0.2) is 0 Å². The van der Waals surface area contributed by atoms with Gasteiger partial charge in [0.25, 0.3) is 0 Å². The summed E-state index contributed by atoms with van der Waals surface area (Å²) in [6.45, 7) is 10.1. The van der Waals surface area contributed by atoms with Crippen LogP contribution in [0.15, 0.2) is 0 Å². The monoisotopic (exact) mass is 334 g/mol. The number of nitro groups is 1. The second kappa shape index (κ2) is 5.29. The van der Waals surface area contributed by atoms with Crippen LogP contribution in [0.3, 0.4) is 0 Å². The zero-order valence-electron chi connectivity index (χ0n) is 15.0. The molecule has 1 aromatic rings. The molecule has 2 aliphatic rings. The molecule has 7 nitrogen and oxygen atoms in total. The smallest absolute Gasteiger partial charge is 0.312 e. The summed E-state index contributed by atoms with van der Waals surface area (Å²) in [6.07, 6.45) is 3.40. The molecule has 3 rings (SSSR count). The molecule has 2 aliphatic carbocycles. The Kier molecular flexibility index (Phi) is 3.73. The van der Waals surface area contributed by atoms with Crippen molar-refractivity contribution in [3.63, 3.8) is 0 Å². The largest absolute Gasteiger partial charge is 0.351 e. The van der Waals surface area contributed by atoms with Crippen molar-refractivity contribution in [3.05, 3.63) is 21.5 Å². The van der Waals surface area contributed by atoms with E-state index >= 15 is 0 Å². The van der Waals surface area contributed by atoms with Crippen LogP contribution in [0.4, 0.5) is 5.69 Å². The van der Waals surface area contributed by atoms with Crippen molar-refractivity contribution in [3.8, 4) is 0 Å². The van der Waals surface area contributed by atoms with E-state index in [1.165, 1.54) is 11.1 Å². The van der Waals surface area contributed by atoms with Gasteiger partial charge in [-0.2, -0.15) is 5.10 Å². The number of rotatable bonds is 4. The van der Waals surface area contributed by atoms with Crippen LogP contribution in [0, 0.1) is 40.7 Å². The molecule has 0 aliphatic heterocycles. The van der Waals surface area contributed by atoms with E-state index in [2.05, 4.69) is 31.2 Å². The highest BCUT2D eigenvalue weighted by Gasteiger charge is 2.61. The lowest BCUT2D eigenvalue weighted by atomic mass is 9.69. The lowest BCUT2D eigenvalue weighted by Crippen LogP contribution is -2.47. The molecule has 1 heterocycles. The first-order chi connectivity index (χ1) is 11.1. The molecule has 1 N–H and O–H groups in total. The minimum absolute atomic E-state index is 0.00387. The van der Waals surface area contributed by atoms with Crippen molar-refractivity contribution in [2.75, 3.05) is 0 Å². The molecule has 0 aromatic carbocycles. The zero-order valence-corrected chi connectivity index (χ0v) is 15.0. The molecule has 0 saturated heterocycles. The summed E-state index contributed by atoms with van der Waals surface area (Å²) in [4.78, 5) is 23.1. The summed E-state index contributed by atoms with van der Waals surface area (Å²) in [7, 11) is 0. The fourth-order valence-electron chi connectivity index (χ4n) is 4.90. The van der Waals surface area contributed by atoms with Crippen LogP contribution >= 0.6 is 0 Å². The topological polar surface area (TPSA) is 90.1 Å². The van der Waals surface area contributed by atoms with Crippen molar-refractivity contribution < 1.29 is 9.72 Å². The fraction of sp³-hybridized carbons (Fsp3) is 0.765. The highest BCUT2D eigenvalue weighted by molar-refractivity contribution is 5.76. The van der Waals surface area contributed by atoms with Gasteiger partial charge in [-0.05, 0) is 49.9 Å². The van der Waals surface area contributed by atoms with Crippen LogP contribution < -0.4 is 5.32 Å². The Hall–Kier alpha value is -1.92. The minimum Gasteiger partial charge on any atom is -0.351 e. The molecule has 2 saturated carbocycles. The van der Waals surface area contributed by atoms with Gasteiger partial charge in [0.2, 0.25) is 5.91 Å². The van der Waals surface area contributed by atoms with E-state index in [0.717, 1.165) is 12.8 Å². The lowest BCUT2D eigenvalue weighted by molar-refractivity contribution is -0.386. The fourth-order valence-corrected chi connectivity index (χ4v) is 4.90. The Bertz CT molecular complexity index is 709. The number of fused-ring (bicyclic) bond motifs is 2. The Labute approximate surface area is 142 Å². The van der Waals surface area contributed by atoms with Crippen molar-refractivity contribution in [1.29, 1.82) is 0 Å². The van der Waals surface area contributed by atoms with Crippen molar-refractivity contribution in [1.82, 2.24) is 15.1 Å². The predicted molar refractivity (Wildman–Crippen MR) is 89.5 cm³/mol. The van der Waals surface area contributed by atoms with E-state index in [-0.39, 0.29) is 35.0 Å². The summed E-state index contributed by atoms with van der Waals surface area (Å²) in [6, 6.07) is 0.172. The SMILES string of the molecule is Cc1nn(CC(=O)N[C@@H]2C[C@@H]3CC[C@]2(C)C3(C)C)c(C)c1[N+](=O)[O-]. The maximum absolute atomic E-state index is 12.5. The normalized spacial score (nSPS) is 30.5. The van der Waals surface area contributed by atoms with Gasteiger partial charge >= 0.3 is 5.69 Å². The molecular weight excluding hydrogens is 308 g/mol. The van der Waals surface area contributed by atoms with Crippen molar-refractivity contribution in [2.45, 2.75) is 66.5 Å². The van der Waals surface area contributed by atoms with Gasteiger partial charge in [-0.15, -0.1) is 0 Å². The zero-order chi connectivity index (χ0) is 17.9. The molecule has 24 heavy (non-hydrogen) atoms. The average Bonchev–Trinajstić information content (AvgIpc) is 2.93. The third-order valence-electron chi connectivity index (χ3n) is 6.95. The van der Waals surface area contributed by atoms with Gasteiger partial charge in [0.15, 0.2) is 0 Å². The highest BCUT2D eigenvalue weighted by atomic mass is 16.6. The first-order valence-electron chi connectivity index (χ1n) is 8.55.